The third-order valence-corrected chi connectivity index (χ3v) is 5.00. The van der Waals surface area contributed by atoms with Gasteiger partial charge in [-0.25, -0.2) is 4.79 Å². The summed E-state index contributed by atoms with van der Waals surface area (Å²) in [5, 5.41) is 10.4. The molecule has 1 aromatic carbocycles. The van der Waals surface area contributed by atoms with E-state index in [2.05, 4.69) is 26.8 Å². The molecule has 2 aromatic rings. The number of pyridine rings is 1. The molecule has 0 amide bonds. The van der Waals surface area contributed by atoms with Gasteiger partial charge >= 0.3 is 5.97 Å². The molecule has 1 heterocycles. The van der Waals surface area contributed by atoms with Crippen molar-refractivity contribution in [2.45, 2.75) is 40.0 Å². The summed E-state index contributed by atoms with van der Waals surface area (Å²) in [6, 6.07) is 5.22. The molecule has 1 atom stereocenters. The Morgan fingerprint density at radius 3 is 2.68 bits per heavy atom. The minimum absolute atomic E-state index is 0.211. The molecule has 0 aliphatic heterocycles. The van der Waals surface area contributed by atoms with E-state index in [-0.39, 0.29) is 11.0 Å². The third-order valence-electron chi connectivity index (χ3n) is 4.71. The van der Waals surface area contributed by atoms with Gasteiger partial charge in [0.2, 0.25) is 0 Å². The molecule has 0 saturated carbocycles. The maximum absolute atomic E-state index is 11.2. The number of nitrogens with zero attached hydrogens (tertiary/aromatic N) is 1. The van der Waals surface area contributed by atoms with Crippen molar-refractivity contribution in [3.05, 3.63) is 40.0 Å². The fourth-order valence-electron chi connectivity index (χ4n) is 3.26. The summed E-state index contributed by atoms with van der Waals surface area (Å²) >= 11 is 6.22. The fourth-order valence-corrected chi connectivity index (χ4v) is 3.53. The second kappa shape index (κ2) is 5.24. The van der Waals surface area contributed by atoms with E-state index in [1.165, 1.54) is 11.6 Å². The van der Waals surface area contributed by atoms with Crippen LogP contribution >= 0.6 is 11.6 Å². The van der Waals surface area contributed by atoms with Crippen molar-refractivity contribution in [1.29, 1.82) is 0 Å². The lowest BCUT2D eigenvalue weighted by Crippen LogP contribution is -2.27. The second-order valence-electron chi connectivity index (χ2n) is 7.23. The number of hydrogen-bond donors (Lipinski definition) is 1. The van der Waals surface area contributed by atoms with Crippen LogP contribution in [0.1, 0.15) is 48.8 Å². The van der Waals surface area contributed by atoms with Crippen LogP contribution in [-0.2, 0) is 12.8 Å². The van der Waals surface area contributed by atoms with Crippen molar-refractivity contribution in [1.82, 2.24) is 4.98 Å². The van der Waals surface area contributed by atoms with Crippen molar-refractivity contribution < 1.29 is 9.90 Å². The third kappa shape index (κ3) is 2.70. The maximum Gasteiger partial charge on any atom is 0.335 e. The van der Waals surface area contributed by atoms with Gasteiger partial charge in [0.05, 0.1) is 16.1 Å². The number of fused-ring (bicyclic) bond motifs is 2. The highest BCUT2D eigenvalue weighted by molar-refractivity contribution is 6.35. The highest BCUT2D eigenvalue weighted by Crippen LogP contribution is 2.38. The molecule has 3 rings (SSSR count). The summed E-state index contributed by atoms with van der Waals surface area (Å²) in [5.74, 6) is -0.341. The van der Waals surface area contributed by atoms with Crippen LogP contribution in [0.5, 0.6) is 0 Å². The predicted octanol–water partition coefficient (Wildman–Crippen LogP) is 4.74. The molecule has 0 bridgehead atoms. The van der Waals surface area contributed by atoms with Crippen LogP contribution in [-0.4, -0.2) is 16.1 Å². The molecule has 4 heteroatoms. The Morgan fingerprint density at radius 1 is 1.32 bits per heavy atom. The van der Waals surface area contributed by atoms with E-state index in [1.807, 2.05) is 0 Å². The van der Waals surface area contributed by atoms with Crippen LogP contribution < -0.4 is 0 Å². The molecule has 0 saturated heterocycles. The first-order valence-corrected chi connectivity index (χ1v) is 7.99. The Morgan fingerprint density at radius 2 is 2.05 bits per heavy atom. The first-order valence-electron chi connectivity index (χ1n) is 7.61. The molecular weight excluding hydrogens is 298 g/mol. The van der Waals surface area contributed by atoms with Gasteiger partial charge in [0.25, 0.3) is 0 Å². The summed E-state index contributed by atoms with van der Waals surface area (Å²) < 4.78 is 0. The lowest BCUT2D eigenvalue weighted by Gasteiger charge is -2.34. The first kappa shape index (κ1) is 15.3. The van der Waals surface area contributed by atoms with E-state index in [0.717, 1.165) is 30.3 Å². The molecule has 116 valence electrons. The number of aryl methyl sites for hydroxylation is 1. The zero-order valence-electron chi connectivity index (χ0n) is 13.1. The van der Waals surface area contributed by atoms with Gasteiger partial charge in [0.15, 0.2) is 0 Å². The number of halogens is 1. The highest BCUT2D eigenvalue weighted by atomic mass is 35.5. The monoisotopic (exact) mass is 317 g/mol. The molecule has 1 aliphatic rings. The molecule has 0 fully saturated rings. The molecule has 22 heavy (non-hydrogen) atoms. The number of carboxylic acids is 1. The Kier molecular flexibility index (Phi) is 3.64. The molecule has 0 radical (unpaired) electrons. The molecule has 1 aromatic heterocycles. The summed E-state index contributed by atoms with van der Waals surface area (Å²) in [7, 11) is 0. The molecular formula is C18H20ClNO2. The summed E-state index contributed by atoms with van der Waals surface area (Å²) in [5.41, 5.74) is 3.53. The van der Waals surface area contributed by atoms with Crippen LogP contribution in [0.25, 0.3) is 10.9 Å². The Labute approximate surface area is 135 Å². The summed E-state index contributed by atoms with van der Waals surface area (Å²) in [4.78, 5) is 15.9. The summed E-state index contributed by atoms with van der Waals surface area (Å²) in [6.07, 6.45) is 3.10. The number of rotatable bonds is 1. The molecule has 1 aliphatic carbocycles. The standard InChI is InChI=1S/C18H20ClNO2/c1-18(2,3)13-4-5-15-10(8-13)6-11-7-12(17(21)22)9-14(19)16(11)20-15/h6-7,9,13H,4-5,8H2,1-3H3,(H,21,22)/t13-/m0/s1. The smallest absolute Gasteiger partial charge is 0.335 e. The topological polar surface area (TPSA) is 50.2 Å². The van der Waals surface area contributed by atoms with Crippen LogP contribution in [0.4, 0.5) is 0 Å². The highest BCUT2D eigenvalue weighted by Gasteiger charge is 2.29. The minimum Gasteiger partial charge on any atom is -0.478 e. The van der Waals surface area contributed by atoms with Gasteiger partial charge in [-0.2, -0.15) is 0 Å². The van der Waals surface area contributed by atoms with E-state index >= 15 is 0 Å². The Hall–Kier alpha value is -1.61. The van der Waals surface area contributed by atoms with Gasteiger partial charge < -0.3 is 5.11 Å². The van der Waals surface area contributed by atoms with Crippen molar-refractivity contribution >= 4 is 28.5 Å². The van der Waals surface area contributed by atoms with E-state index in [0.29, 0.717) is 16.5 Å². The van der Waals surface area contributed by atoms with Gasteiger partial charge in [-0.3, -0.25) is 4.98 Å². The second-order valence-corrected chi connectivity index (χ2v) is 7.64. The van der Waals surface area contributed by atoms with Gasteiger partial charge in [-0.1, -0.05) is 32.4 Å². The molecule has 1 N–H and O–H groups in total. The van der Waals surface area contributed by atoms with Gasteiger partial charge in [0.1, 0.15) is 0 Å². The largest absolute Gasteiger partial charge is 0.478 e. The number of carboxylic acid groups (broad SMARTS) is 1. The lowest BCUT2D eigenvalue weighted by molar-refractivity contribution is 0.0697. The zero-order valence-corrected chi connectivity index (χ0v) is 13.9. The summed E-state index contributed by atoms with van der Waals surface area (Å²) in [6.45, 7) is 6.82. The van der Waals surface area contributed by atoms with E-state index in [9.17, 15) is 9.90 Å². The molecule has 0 spiro atoms. The van der Waals surface area contributed by atoms with Crippen molar-refractivity contribution in [2.24, 2.45) is 11.3 Å². The number of aromatic nitrogens is 1. The first-order chi connectivity index (χ1) is 10.3. The number of aromatic carboxylic acids is 1. The zero-order chi connectivity index (χ0) is 16.1. The van der Waals surface area contributed by atoms with Gasteiger partial charge in [0, 0.05) is 11.1 Å². The van der Waals surface area contributed by atoms with Crippen LogP contribution in [0.2, 0.25) is 5.02 Å². The number of hydrogen-bond acceptors (Lipinski definition) is 2. The van der Waals surface area contributed by atoms with Crippen LogP contribution in [0.3, 0.4) is 0 Å². The SMILES string of the molecule is CC(C)(C)[C@H]1CCc2nc3c(Cl)cc(C(=O)O)cc3cc2C1. The van der Waals surface area contributed by atoms with Gasteiger partial charge in [-0.05, 0) is 54.4 Å². The van der Waals surface area contributed by atoms with E-state index in [1.54, 1.807) is 6.07 Å². The number of benzene rings is 1. The lowest BCUT2D eigenvalue weighted by atomic mass is 9.71. The maximum atomic E-state index is 11.2. The number of carbonyl (C=O) groups is 1. The fraction of sp³-hybridized carbons (Fsp3) is 0.444. The predicted molar refractivity (Wildman–Crippen MR) is 88.7 cm³/mol. The van der Waals surface area contributed by atoms with Crippen LogP contribution in [0, 0.1) is 11.3 Å². The minimum atomic E-state index is -0.964. The van der Waals surface area contributed by atoms with Crippen molar-refractivity contribution in [3.8, 4) is 0 Å². The van der Waals surface area contributed by atoms with Crippen LogP contribution in [0.15, 0.2) is 18.2 Å². The van der Waals surface area contributed by atoms with Gasteiger partial charge in [-0.15, -0.1) is 0 Å². The van der Waals surface area contributed by atoms with Crippen molar-refractivity contribution in [3.63, 3.8) is 0 Å². The Balaban J connectivity index is 2.11. The normalized spacial score (nSPS) is 18.3. The quantitative estimate of drug-likeness (QED) is 0.826. The average molecular weight is 318 g/mol. The van der Waals surface area contributed by atoms with Crippen molar-refractivity contribution in [2.75, 3.05) is 0 Å². The average Bonchev–Trinajstić information content (AvgIpc) is 2.43. The Bertz CT molecular complexity index is 762. The molecule has 3 nitrogen and oxygen atoms in total. The molecule has 0 unspecified atom stereocenters. The van der Waals surface area contributed by atoms with E-state index < -0.39 is 5.97 Å². The van der Waals surface area contributed by atoms with E-state index in [4.69, 9.17) is 16.6 Å².